The van der Waals surface area contributed by atoms with Crippen molar-refractivity contribution < 1.29 is 22.2 Å². The summed E-state index contributed by atoms with van der Waals surface area (Å²) in [5.41, 5.74) is 3.63. The van der Waals surface area contributed by atoms with Gasteiger partial charge in [0.05, 0.1) is 5.56 Å². The van der Waals surface area contributed by atoms with Gasteiger partial charge in [-0.15, -0.1) is 0 Å². The van der Waals surface area contributed by atoms with Gasteiger partial charge in [-0.3, -0.25) is 9.00 Å². The molecule has 0 saturated carbocycles. The number of halogens is 3. The minimum absolute atomic E-state index is 0.139. The molecule has 1 rings (SSSR count). The number of amides is 1. The van der Waals surface area contributed by atoms with Gasteiger partial charge in [0.1, 0.15) is 0 Å². The van der Waals surface area contributed by atoms with Crippen LogP contribution in [-0.2, 0) is 17.0 Å². The number of nitrogen functional groups attached to an aromatic ring is 1. The molecule has 2 unspecified atom stereocenters. The highest BCUT2D eigenvalue weighted by Crippen LogP contribution is 2.33. The standard InChI is InChI=1S/C12H15F3N2O2S/c1-7(6-20(2)19)17-11(18)8-3-4-10(16)9(5-8)12(13,14)15/h3-5,7H,6,16H2,1-2H3,(H,17,18). The van der Waals surface area contributed by atoms with Gasteiger partial charge in [0.15, 0.2) is 0 Å². The molecule has 3 N–H and O–H groups in total. The van der Waals surface area contributed by atoms with Crippen LogP contribution in [0.5, 0.6) is 0 Å². The van der Waals surface area contributed by atoms with E-state index in [0.29, 0.717) is 6.07 Å². The van der Waals surface area contributed by atoms with Crippen molar-refractivity contribution in [1.29, 1.82) is 0 Å². The Morgan fingerprint density at radius 2 is 2.05 bits per heavy atom. The molecule has 8 heteroatoms. The van der Waals surface area contributed by atoms with E-state index in [-0.39, 0.29) is 11.3 Å². The third kappa shape index (κ3) is 4.52. The van der Waals surface area contributed by atoms with Crippen LogP contribution < -0.4 is 11.1 Å². The number of hydrogen-bond donors (Lipinski definition) is 2. The maximum atomic E-state index is 12.7. The van der Waals surface area contributed by atoms with Crippen LogP contribution >= 0.6 is 0 Å². The van der Waals surface area contributed by atoms with E-state index >= 15 is 0 Å². The second-order valence-corrected chi connectivity index (χ2v) is 5.89. The lowest BCUT2D eigenvalue weighted by molar-refractivity contribution is -0.136. The van der Waals surface area contributed by atoms with Crippen molar-refractivity contribution in [3.8, 4) is 0 Å². The number of alkyl halides is 3. The van der Waals surface area contributed by atoms with Crippen LogP contribution in [0.15, 0.2) is 18.2 Å². The Labute approximate surface area is 117 Å². The van der Waals surface area contributed by atoms with E-state index in [2.05, 4.69) is 5.32 Å². The van der Waals surface area contributed by atoms with Crippen molar-refractivity contribution in [1.82, 2.24) is 5.32 Å². The van der Waals surface area contributed by atoms with Gasteiger partial charge in [-0.2, -0.15) is 13.2 Å². The molecule has 0 spiro atoms. The van der Waals surface area contributed by atoms with Crippen LogP contribution in [0, 0.1) is 0 Å². The van der Waals surface area contributed by atoms with Crippen molar-refractivity contribution in [2.24, 2.45) is 0 Å². The van der Waals surface area contributed by atoms with Crippen LogP contribution in [0.2, 0.25) is 0 Å². The predicted molar refractivity (Wildman–Crippen MR) is 71.7 cm³/mol. The Morgan fingerprint density at radius 3 is 2.55 bits per heavy atom. The second kappa shape index (κ2) is 6.25. The molecule has 20 heavy (non-hydrogen) atoms. The number of anilines is 1. The van der Waals surface area contributed by atoms with E-state index in [1.807, 2.05) is 0 Å². The van der Waals surface area contributed by atoms with Crippen molar-refractivity contribution in [2.45, 2.75) is 19.1 Å². The Morgan fingerprint density at radius 1 is 1.45 bits per heavy atom. The molecule has 112 valence electrons. The van der Waals surface area contributed by atoms with Crippen molar-refractivity contribution in [3.63, 3.8) is 0 Å². The van der Waals surface area contributed by atoms with Crippen molar-refractivity contribution >= 4 is 22.4 Å². The molecular weight excluding hydrogens is 293 g/mol. The number of hydrogen-bond acceptors (Lipinski definition) is 3. The maximum absolute atomic E-state index is 12.7. The highest BCUT2D eigenvalue weighted by atomic mass is 32.2. The van der Waals surface area contributed by atoms with Gasteiger partial charge in [-0.05, 0) is 25.1 Å². The Balaban J connectivity index is 2.92. The molecule has 4 nitrogen and oxygen atoms in total. The maximum Gasteiger partial charge on any atom is 0.418 e. The molecule has 2 atom stereocenters. The van der Waals surface area contributed by atoms with E-state index in [1.54, 1.807) is 6.92 Å². The summed E-state index contributed by atoms with van der Waals surface area (Å²) in [6, 6.07) is 2.57. The summed E-state index contributed by atoms with van der Waals surface area (Å²) in [6.07, 6.45) is -3.13. The monoisotopic (exact) mass is 308 g/mol. The lowest BCUT2D eigenvalue weighted by atomic mass is 10.1. The normalized spacial score (nSPS) is 14.7. The number of nitrogens with one attached hydrogen (secondary N) is 1. The quantitative estimate of drug-likeness (QED) is 0.833. The Hall–Kier alpha value is -1.57. The molecule has 0 aliphatic carbocycles. The zero-order chi connectivity index (χ0) is 15.5. The number of carbonyl (C=O) groups is 1. The number of rotatable bonds is 4. The minimum atomic E-state index is -4.61. The fraction of sp³-hybridized carbons (Fsp3) is 0.417. The first-order chi connectivity index (χ1) is 9.11. The summed E-state index contributed by atoms with van der Waals surface area (Å²) in [4.78, 5) is 11.8. The zero-order valence-electron chi connectivity index (χ0n) is 11.0. The number of nitrogens with two attached hydrogens (primary N) is 1. The van der Waals surface area contributed by atoms with Crippen LogP contribution in [0.4, 0.5) is 18.9 Å². The van der Waals surface area contributed by atoms with Gasteiger partial charge in [-0.1, -0.05) is 0 Å². The van der Waals surface area contributed by atoms with E-state index in [9.17, 15) is 22.2 Å². The van der Waals surface area contributed by atoms with E-state index in [4.69, 9.17) is 5.73 Å². The third-order valence-corrected chi connectivity index (χ3v) is 3.45. The number of benzene rings is 1. The van der Waals surface area contributed by atoms with Crippen LogP contribution in [0.25, 0.3) is 0 Å². The summed E-state index contributed by atoms with van der Waals surface area (Å²) < 4.78 is 49.0. The van der Waals surface area contributed by atoms with Gasteiger partial charge in [0, 0.05) is 40.1 Å². The molecule has 1 amide bonds. The molecule has 0 aliphatic rings. The summed E-state index contributed by atoms with van der Waals surface area (Å²) >= 11 is 0. The minimum Gasteiger partial charge on any atom is -0.398 e. The van der Waals surface area contributed by atoms with E-state index in [0.717, 1.165) is 6.07 Å². The van der Waals surface area contributed by atoms with E-state index in [1.165, 1.54) is 12.3 Å². The highest BCUT2D eigenvalue weighted by Gasteiger charge is 2.33. The summed E-state index contributed by atoms with van der Waals surface area (Å²) in [6.45, 7) is 1.63. The second-order valence-electron chi connectivity index (χ2n) is 4.41. The van der Waals surface area contributed by atoms with Gasteiger partial charge >= 0.3 is 6.18 Å². The number of carbonyl (C=O) groups excluding carboxylic acids is 1. The van der Waals surface area contributed by atoms with Crippen LogP contribution in [-0.4, -0.2) is 28.2 Å². The van der Waals surface area contributed by atoms with E-state index < -0.39 is 40.2 Å². The van der Waals surface area contributed by atoms with Crippen LogP contribution in [0.3, 0.4) is 0 Å². The molecule has 0 aliphatic heterocycles. The largest absolute Gasteiger partial charge is 0.418 e. The zero-order valence-corrected chi connectivity index (χ0v) is 11.8. The summed E-state index contributed by atoms with van der Waals surface area (Å²) in [7, 11) is -1.11. The van der Waals surface area contributed by atoms with Crippen molar-refractivity contribution in [3.05, 3.63) is 29.3 Å². The highest BCUT2D eigenvalue weighted by molar-refractivity contribution is 7.84. The van der Waals surface area contributed by atoms with Gasteiger partial charge < -0.3 is 11.1 Å². The van der Waals surface area contributed by atoms with Gasteiger partial charge in [0.25, 0.3) is 5.91 Å². The first kappa shape index (κ1) is 16.5. The van der Waals surface area contributed by atoms with Crippen molar-refractivity contribution in [2.75, 3.05) is 17.7 Å². The Bertz CT molecular complexity index is 532. The fourth-order valence-corrected chi connectivity index (χ4v) is 2.43. The average Bonchev–Trinajstić information content (AvgIpc) is 2.26. The smallest absolute Gasteiger partial charge is 0.398 e. The first-order valence-electron chi connectivity index (χ1n) is 5.69. The lowest BCUT2D eigenvalue weighted by Gasteiger charge is -2.14. The summed E-state index contributed by atoms with van der Waals surface area (Å²) in [5, 5.41) is 2.49. The molecule has 0 heterocycles. The fourth-order valence-electron chi connectivity index (χ4n) is 1.64. The topological polar surface area (TPSA) is 72.2 Å². The first-order valence-corrected chi connectivity index (χ1v) is 7.41. The molecule has 0 fully saturated rings. The van der Waals surface area contributed by atoms with Gasteiger partial charge in [0.2, 0.25) is 0 Å². The molecule has 0 radical (unpaired) electrons. The van der Waals surface area contributed by atoms with Crippen LogP contribution in [0.1, 0.15) is 22.8 Å². The lowest BCUT2D eigenvalue weighted by Crippen LogP contribution is -2.36. The molecule has 1 aromatic rings. The molecular formula is C12H15F3N2O2S. The molecule has 0 aromatic heterocycles. The Kier molecular flexibility index (Phi) is 5.15. The average molecular weight is 308 g/mol. The molecule has 0 saturated heterocycles. The molecule has 0 bridgehead atoms. The summed E-state index contributed by atoms with van der Waals surface area (Å²) in [5.74, 6) is -0.430. The predicted octanol–water partition coefficient (Wildman–Crippen LogP) is 1.78. The molecule has 1 aromatic carbocycles. The van der Waals surface area contributed by atoms with Gasteiger partial charge in [-0.25, -0.2) is 0 Å². The SMILES string of the molecule is CC(CS(C)=O)NC(=O)c1ccc(N)c(C(F)(F)F)c1. The third-order valence-electron chi connectivity index (χ3n) is 2.48.